The van der Waals surface area contributed by atoms with Crippen LogP contribution in [0, 0.1) is 13.8 Å². The maximum Gasteiger partial charge on any atom is 0.255 e. The topological polar surface area (TPSA) is 66.5 Å². The highest BCUT2D eigenvalue weighted by molar-refractivity contribution is 7.89. The monoisotopic (exact) mass is 316 g/mol. The summed E-state index contributed by atoms with van der Waals surface area (Å²) in [5.74, 6) is -0.0575. The van der Waals surface area contributed by atoms with Crippen LogP contribution < -0.4 is 4.72 Å². The molecular formula is C13H20N2O3S2. The van der Waals surface area contributed by atoms with Crippen LogP contribution in [0.2, 0.25) is 0 Å². The van der Waals surface area contributed by atoms with E-state index in [0.717, 1.165) is 23.3 Å². The molecule has 5 nitrogen and oxygen atoms in total. The van der Waals surface area contributed by atoms with Crippen molar-refractivity contribution in [3.63, 3.8) is 0 Å². The van der Waals surface area contributed by atoms with Crippen LogP contribution in [0.25, 0.3) is 0 Å². The normalized spacial score (nSPS) is 19.6. The van der Waals surface area contributed by atoms with Crippen molar-refractivity contribution in [1.29, 1.82) is 0 Å². The van der Waals surface area contributed by atoms with Crippen molar-refractivity contribution in [3.8, 4) is 0 Å². The minimum atomic E-state index is -3.30. The zero-order chi connectivity index (χ0) is 14.9. The van der Waals surface area contributed by atoms with E-state index in [1.165, 1.54) is 7.05 Å². The maximum atomic E-state index is 12.6. The fourth-order valence-corrected chi connectivity index (χ4v) is 4.37. The molecule has 1 amide bonds. The number of thiophene rings is 1. The van der Waals surface area contributed by atoms with E-state index < -0.39 is 10.0 Å². The molecule has 1 aliphatic rings. The number of nitrogens with one attached hydrogen (secondary N) is 1. The number of sulfonamides is 1. The molecule has 1 saturated heterocycles. The Balaban J connectivity index is 2.19. The standard InChI is InChI=1S/C13H20N2O3S2/c1-9-10(2)19-7-12(9)13(16)15-6-4-5-11(15)8-20(17,18)14-3/h7,11,14H,4-6,8H2,1-3H3. The molecule has 1 atom stereocenters. The van der Waals surface area contributed by atoms with Gasteiger partial charge < -0.3 is 4.90 Å². The van der Waals surface area contributed by atoms with Gasteiger partial charge in [0.15, 0.2) is 0 Å². The molecule has 0 aliphatic carbocycles. The summed E-state index contributed by atoms with van der Waals surface area (Å²) < 4.78 is 25.7. The molecule has 1 aromatic heterocycles. The summed E-state index contributed by atoms with van der Waals surface area (Å²) in [7, 11) is -1.89. The minimum Gasteiger partial charge on any atom is -0.335 e. The fraction of sp³-hybridized carbons (Fsp3) is 0.615. The highest BCUT2D eigenvalue weighted by Gasteiger charge is 2.33. The number of carbonyl (C=O) groups is 1. The molecule has 0 radical (unpaired) electrons. The summed E-state index contributed by atoms with van der Waals surface area (Å²) in [6, 6.07) is -0.223. The molecule has 0 saturated carbocycles. The first-order valence-electron chi connectivity index (χ1n) is 6.62. The third kappa shape index (κ3) is 3.05. The van der Waals surface area contributed by atoms with Gasteiger partial charge in [0.1, 0.15) is 0 Å². The number of aryl methyl sites for hydroxylation is 1. The lowest BCUT2D eigenvalue weighted by atomic mass is 10.1. The van der Waals surface area contributed by atoms with E-state index in [0.29, 0.717) is 12.1 Å². The average molecular weight is 316 g/mol. The molecule has 1 aliphatic heterocycles. The van der Waals surface area contributed by atoms with Gasteiger partial charge in [-0.25, -0.2) is 13.1 Å². The minimum absolute atomic E-state index is 0.0165. The van der Waals surface area contributed by atoms with Gasteiger partial charge in [0.2, 0.25) is 10.0 Å². The Labute approximate surface area is 124 Å². The van der Waals surface area contributed by atoms with Gasteiger partial charge in [-0.2, -0.15) is 0 Å². The number of amides is 1. The van der Waals surface area contributed by atoms with Crippen LogP contribution >= 0.6 is 11.3 Å². The second kappa shape index (κ2) is 5.83. The van der Waals surface area contributed by atoms with Gasteiger partial charge in [-0.3, -0.25) is 4.79 Å². The lowest BCUT2D eigenvalue weighted by molar-refractivity contribution is 0.0749. The first-order valence-corrected chi connectivity index (χ1v) is 9.16. The Kier molecular flexibility index (Phi) is 4.51. The molecule has 0 bridgehead atoms. The van der Waals surface area contributed by atoms with Gasteiger partial charge in [0.05, 0.1) is 11.3 Å². The summed E-state index contributed by atoms with van der Waals surface area (Å²) in [5, 5.41) is 1.87. The first kappa shape index (κ1) is 15.5. The zero-order valence-corrected chi connectivity index (χ0v) is 13.6. The van der Waals surface area contributed by atoms with E-state index in [1.54, 1.807) is 16.2 Å². The molecule has 0 aromatic carbocycles. The molecule has 0 spiro atoms. The highest BCUT2D eigenvalue weighted by Crippen LogP contribution is 2.26. The number of nitrogens with zero attached hydrogens (tertiary/aromatic N) is 1. The summed E-state index contributed by atoms with van der Waals surface area (Å²) in [4.78, 5) is 15.4. The smallest absolute Gasteiger partial charge is 0.255 e. The van der Waals surface area contributed by atoms with Gasteiger partial charge >= 0.3 is 0 Å². The van der Waals surface area contributed by atoms with Crippen molar-refractivity contribution >= 4 is 27.3 Å². The number of hydrogen-bond donors (Lipinski definition) is 1. The van der Waals surface area contributed by atoms with Crippen molar-refractivity contribution in [2.45, 2.75) is 32.7 Å². The second-order valence-corrected chi connectivity index (χ2v) is 8.17. The van der Waals surface area contributed by atoms with Crippen molar-refractivity contribution < 1.29 is 13.2 Å². The fourth-order valence-electron chi connectivity index (χ4n) is 2.49. The van der Waals surface area contributed by atoms with Gasteiger partial charge in [-0.1, -0.05) is 0 Å². The SMILES string of the molecule is CNS(=O)(=O)CC1CCCN1C(=O)c1csc(C)c1C. The summed E-state index contributed by atoms with van der Waals surface area (Å²) >= 11 is 1.56. The third-order valence-electron chi connectivity index (χ3n) is 3.88. The van der Waals surface area contributed by atoms with Gasteiger partial charge in [0, 0.05) is 22.8 Å². The van der Waals surface area contributed by atoms with Crippen LogP contribution in [-0.4, -0.2) is 44.6 Å². The lowest BCUT2D eigenvalue weighted by Gasteiger charge is -2.24. The van der Waals surface area contributed by atoms with Crippen LogP contribution in [0.5, 0.6) is 0 Å². The molecule has 20 heavy (non-hydrogen) atoms. The molecule has 7 heteroatoms. The van der Waals surface area contributed by atoms with E-state index >= 15 is 0 Å². The quantitative estimate of drug-likeness (QED) is 0.916. The molecule has 1 unspecified atom stereocenters. The number of carbonyl (C=O) groups excluding carboxylic acids is 1. The average Bonchev–Trinajstić information content (AvgIpc) is 2.97. The first-order chi connectivity index (χ1) is 9.35. The molecule has 112 valence electrons. The second-order valence-electron chi connectivity index (χ2n) is 5.11. The van der Waals surface area contributed by atoms with E-state index in [1.807, 2.05) is 19.2 Å². The van der Waals surface area contributed by atoms with Crippen LogP contribution in [0.3, 0.4) is 0 Å². The molecule has 1 aromatic rings. The van der Waals surface area contributed by atoms with Crippen molar-refractivity contribution in [2.75, 3.05) is 19.3 Å². The number of rotatable bonds is 4. The van der Waals surface area contributed by atoms with Crippen LogP contribution in [0.4, 0.5) is 0 Å². The number of likely N-dealkylation sites (tertiary alicyclic amines) is 1. The number of hydrogen-bond acceptors (Lipinski definition) is 4. The predicted molar refractivity (Wildman–Crippen MR) is 80.7 cm³/mol. The Morgan fingerprint density at radius 1 is 1.50 bits per heavy atom. The largest absolute Gasteiger partial charge is 0.335 e. The van der Waals surface area contributed by atoms with Crippen LogP contribution in [0.1, 0.15) is 33.6 Å². The molecule has 1 fully saturated rings. The third-order valence-corrected chi connectivity index (χ3v) is 6.34. The Bertz CT molecular complexity index is 607. The van der Waals surface area contributed by atoms with Crippen molar-refractivity contribution in [1.82, 2.24) is 9.62 Å². The zero-order valence-electron chi connectivity index (χ0n) is 12.0. The van der Waals surface area contributed by atoms with Gasteiger partial charge in [-0.05, 0) is 39.3 Å². The van der Waals surface area contributed by atoms with Crippen molar-refractivity contribution in [2.24, 2.45) is 0 Å². The van der Waals surface area contributed by atoms with E-state index in [-0.39, 0.29) is 17.7 Å². The lowest BCUT2D eigenvalue weighted by Crippen LogP contribution is -2.41. The van der Waals surface area contributed by atoms with E-state index in [4.69, 9.17) is 0 Å². The van der Waals surface area contributed by atoms with Crippen LogP contribution in [-0.2, 0) is 10.0 Å². The van der Waals surface area contributed by atoms with Gasteiger partial charge in [-0.15, -0.1) is 11.3 Å². The molecular weight excluding hydrogens is 296 g/mol. The Morgan fingerprint density at radius 2 is 2.20 bits per heavy atom. The van der Waals surface area contributed by atoms with Crippen LogP contribution in [0.15, 0.2) is 5.38 Å². The predicted octanol–water partition coefficient (Wildman–Crippen LogP) is 1.52. The van der Waals surface area contributed by atoms with E-state index in [2.05, 4.69) is 4.72 Å². The summed E-state index contributed by atoms with van der Waals surface area (Å²) in [6.45, 7) is 4.56. The Morgan fingerprint density at radius 3 is 2.75 bits per heavy atom. The Hall–Kier alpha value is -0.920. The highest BCUT2D eigenvalue weighted by atomic mass is 32.2. The molecule has 1 N–H and O–H groups in total. The summed E-state index contributed by atoms with van der Waals surface area (Å²) in [5.41, 5.74) is 1.71. The molecule has 2 heterocycles. The maximum absolute atomic E-state index is 12.6. The molecule has 2 rings (SSSR count). The van der Waals surface area contributed by atoms with Crippen molar-refractivity contribution in [3.05, 3.63) is 21.4 Å². The summed E-state index contributed by atoms with van der Waals surface area (Å²) in [6.07, 6.45) is 1.60. The van der Waals surface area contributed by atoms with E-state index in [9.17, 15) is 13.2 Å². The van der Waals surface area contributed by atoms with Gasteiger partial charge in [0.25, 0.3) is 5.91 Å².